The zero-order valence-electron chi connectivity index (χ0n) is 15.0. The van der Waals surface area contributed by atoms with Crippen molar-refractivity contribution >= 4 is 38.9 Å². The van der Waals surface area contributed by atoms with E-state index in [1.165, 1.54) is 15.6 Å². The smallest absolute Gasteiger partial charge is 0.252 e. The van der Waals surface area contributed by atoms with Crippen LogP contribution >= 0.6 is 22.9 Å². The minimum absolute atomic E-state index is 0.0739. The van der Waals surface area contributed by atoms with Crippen molar-refractivity contribution in [3.05, 3.63) is 51.9 Å². The van der Waals surface area contributed by atoms with Crippen molar-refractivity contribution in [3.8, 4) is 0 Å². The third-order valence-corrected chi connectivity index (χ3v) is 8.03. The molecule has 0 bridgehead atoms. The SMILES string of the molecule is Cc1ccc(S(=O)(=O)N2CCN(CC(=O)NCc3ccc(Cl)cc3)CC2)s1. The lowest BCUT2D eigenvalue weighted by Crippen LogP contribution is -2.50. The normalized spacial score (nSPS) is 16.4. The number of carbonyl (C=O) groups excluding carboxylic acids is 1. The predicted molar refractivity (Wildman–Crippen MR) is 108 cm³/mol. The molecule has 0 aliphatic carbocycles. The molecule has 2 heterocycles. The lowest BCUT2D eigenvalue weighted by Gasteiger charge is -2.33. The number of piperazine rings is 1. The second-order valence-corrected chi connectivity index (χ2v) is 10.3. The number of nitrogens with one attached hydrogen (secondary N) is 1. The average Bonchev–Trinajstić information content (AvgIpc) is 3.09. The van der Waals surface area contributed by atoms with Crippen molar-refractivity contribution in [1.82, 2.24) is 14.5 Å². The standard InChI is InChI=1S/C18H22ClN3O3S2/c1-14-2-7-18(26-14)27(24,25)22-10-8-21(9-11-22)13-17(23)20-12-15-3-5-16(19)6-4-15/h2-7H,8-13H2,1H3,(H,20,23). The van der Waals surface area contributed by atoms with E-state index in [1.54, 1.807) is 18.2 Å². The van der Waals surface area contributed by atoms with E-state index in [2.05, 4.69) is 5.32 Å². The summed E-state index contributed by atoms with van der Waals surface area (Å²) in [5.74, 6) is -0.0739. The van der Waals surface area contributed by atoms with Gasteiger partial charge in [0.05, 0.1) is 6.54 Å². The topological polar surface area (TPSA) is 69.7 Å². The van der Waals surface area contributed by atoms with E-state index in [4.69, 9.17) is 11.6 Å². The summed E-state index contributed by atoms with van der Waals surface area (Å²) in [6.07, 6.45) is 0. The first kappa shape index (κ1) is 20.3. The van der Waals surface area contributed by atoms with Gasteiger partial charge in [-0.3, -0.25) is 9.69 Å². The van der Waals surface area contributed by atoms with Crippen LogP contribution in [-0.4, -0.2) is 56.3 Å². The Hall–Kier alpha value is -1.45. The molecule has 0 atom stereocenters. The number of benzene rings is 1. The first-order chi connectivity index (χ1) is 12.8. The van der Waals surface area contributed by atoms with Crippen molar-refractivity contribution in [2.75, 3.05) is 32.7 Å². The summed E-state index contributed by atoms with van der Waals surface area (Å²) in [6.45, 7) is 4.47. The van der Waals surface area contributed by atoms with E-state index in [9.17, 15) is 13.2 Å². The second-order valence-electron chi connectivity index (χ2n) is 6.45. The van der Waals surface area contributed by atoms with Crippen LogP contribution in [0.15, 0.2) is 40.6 Å². The van der Waals surface area contributed by atoms with Crippen molar-refractivity contribution < 1.29 is 13.2 Å². The van der Waals surface area contributed by atoms with Crippen molar-refractivity contribution in [1.29, 1.82) is 0 Å². The van der Waals surface area contributed by atoms with Crippen LogP contribution in [0.25, 0.3) is 0 Å². The van der Waals surface area contributed by atoms with Gasteiger partial charge >= 0.3 is 0 Å². The number of halogens is 1. The number of aryl methyl sites for hydroxylation is 1. The van der Waals surface area contributed by atoms with Crippen molar-refractivity contribution in [2.24, 2.45) is 0 Å². The van der Waals surface area contributed by atoms with Gasteiger partial charge in [-0.1, -0.05) is 23.7 Å². The largest absolute Gasteiger partial charge is 0.351 e. The van der Waals surface area contributed by atoms with Crippen molar-refractivity contribution in [3.63, 3.8) is 0 Å². The molecule has 1 aliphatic heterocycles. The van der Waals surface area contributed by atoms with Crippen LogP contribution < -0.4 is 5.32 Å². The summed E-state index contributed by atoms with van der Waals surface area (Å²) in [5.41, 5.74) is 0.981. The summed E-state index contributed by atoms with van der Waals surface area (Å²) in [4.78, 5) is 15.1. The molecule has 0 unspecified atom stereocenters. The Labute approximate surface area is 168 Å². The Morgan fingerprint density at radius 2 is 1.78 bits per heavy atom. The second kappa shape index (κ2) is 8.70. The summed E-state index contributed by atoms with van der Waals surface area (Å²) >= 11 is 7.14. The molecule has 1 saturated heterocycles. The summed E-state index contributed by atoms with van der Waals surface area (Å²) in [5, 5.41) is 3.54. The first-order valence-electron chi connectivity index (χ1n) is 8.65. The quantitative estimate of drug-likeness (QED) is 0.768. The van der Waals surface area contributed by atoms with Gasteiger partial charge in [0.15, 0.2) is 0 Å². The zero-order valence-corrected chi connectivity index (χ0v) is 17.4. The highest BCUT2D eigenvalue weighted by atomic mass is 35.5. The lowest BCUT2D eigenvalue weighted by atomic mass is 10.2. The molecule has 146 valence electrons. The van der Waals surface area contributed by atoms with E-state index in [1.807, 2.05) is 30.0 Å². The van der Waals surface area contributed by atoms with Crippen LogP contribution in [0.4, 0.5) is 0 Å². The highest BCUT2D eigenvalue weighted by molar-refractivity contribution is 7.91. The molecule has 3 rings (SSSR count). The zero-order chi connectivity index (χ0) is 19.4. The third-order valence-electron chi connectivity index (χ3n) is 4.41. The first-order valence-corrected chi connectivity index (χ1v) is 11.3. The van der Waals surface area contributed by atoms with E-state index in [0.29, 0.717) is 42.0 Å². The Balaban J connectivity index is 1.46. The Kier molecular flexibility index (Phi) is 6.54. The molecule has 1 aromatic carbocycles. The molecule has 1 amide bonds. The van der Waals surface area contributed by atoms with Gasteiger partial charge in [0.25, 0.3) is 10.0 Å². The summed E-state index contributed by atoms with van der Waals surface area (Å²) in [7, 11) is -3.43. The minimum Gasteiger partial charge on any atom is -0.351 e. The molecule has 0 radical (unpaired) electrons. The van der Waals surface area contributed by atoms with E-state index < -0.39 is 10.0 Å². The molecule has 0 saturated carbocycles. The fraction of sp³-hybridized carbons (Fsp3) is 0.389. The van der Waals surface area contributed by atoms with Gasteiger partial charge in [0.1, 0.15) is 4.21 Å². The van der Waals surface area contributed by atoms with Gasteiger partial charge in [0, 0.05) is 42.6 Å². The van der Waals surface area contributed by atoms with E-state index in [0.717, 1.165) is 10.4 Å². The lowest BCUT2D eigenvalue weighted by molar-refractivity contribution is -0.122. The van der Waals surface area contributed by atoms with Crippen LogP contribution in [0.5, 0.6) is 0 Å². The monoisotopic (exact) mass is 427 g/mol. The maximum absolute atomic E-state index is 12.6. The molecule has 1 aromatic heterocycles. The van der Waals surface area contributed by atoms with Gasteiger partial charge in [-0.25, -0.2) is 8.42 Å². The molecule has 9 heteroatoms. The summed E-state index contributed by atoms with van der Waals surface area (Å²) in [6, 6.07) is 10.8. The number of nitrogens with zero attached hydrogens (tertiary/aromatic N) is 2. The number of hydrogen-bond acceptors (Lipinski definition) is 5. The van der Waals surface area contributed by atoms with Gasteiger partial charge in [-0.15, -0.1) is 11.3 Å². The Morgan fingerprint density at radius 3 is 2.37 bits per heavy atom. The molecule has 1 N–H and O–H groups in total. The molecule has 2 aromatic rings. The highest BCUT2D eigenvalue weighted by Gasteiger charge is 2.29. The van der Waals surface area contributed by atoms with Crippen LogP contribution in [0, 0.1) is 6.92 Å². The fourth-order valence-electron chi connectivity index (χ4n) is 2.87. The van der Waals surface area contributed by atoms with Gasteiger partial charge < -0.3 is 5.32 Å². The maximum atomic E-state index is 12.6. The summed E-state index contributed by atoms with van der Waals surface area (Å²) < 4.78 is 27.2. The molecule has 1 fully saturated rings. The third kappa shape index (κ3) is 5.30. The minimum atomic E-state index is -3.43. The average molecular weight is 428 g/mol. The number of rotatable bonds is 6. The van der Waals surface area contributed by atoms with Gasteiger partial charge in [0.2, 0.25) is 5.91 Å². The van der Waals surface area contributed by atoms with Gasteiger partial charge in [-0.2, -0.15) is 4.31 Å². The number of thiophene rings is 1. The molecule has 1 aliphatic rings. The van der Waals surface area contributed by atoms with Crippen LogP contribution in [0.3, 0.4) is 0 Å². The van der Waals surface area contributed by atoms with E-state index in [-0.39, 0.29) is 12.5 Å². The van der Waals surface area contributed by atoms with Crippen LogP contribution in [0.1, 0.15) is 10.4 Å². The van der Waals surface area contributed by atoms with Crippen LogP contribution in [0.2, 0.25) is 5.02 Å². The van der Waals surface area contributed by atoms with Gasteiger partial charge in [-0.05, 0) is 36.8 Å². The predicted octanol–water partition coefficient (Wildman–Crippen LogP) is 2.33. The number of amides is 1. The fourth-order valence-corrected chi connectivity index (χ4v) is 5.85. The number of sulfonamides is 1. The Bertz CT molecular complexity index is 889. The van der Waals surface area contributed by atoms with Crippen LogP contribution in [-0.2, 0) is 21.4 Å². The maximum Gasteiger partial charge on any atom is 0.252 e. The molecule has 0 spiro atoms. The molecular formula is C18H22ClN3O3S2. The molecule has 27 heavy (non-hydrogen) atoms. The van der Waals surface area contributed by atoms with Crippen molar-refractivity contribution in [2.45, 2.75) is 17.7 Å². The Morgan fingerprint density at radius 1 is 1.11 bits per heavy atom. The highest BCUT2D eigenvalue weighted by Crippen LogP contribution is 2.25. The van der Waals surface area contributed by atoms with E-state index >= 15 is 0 Å². The molecule has 6 nitrogen and oxygen atoms in total. The number of carbonyl (C=O) groups is 1. The number of hydrogen-bond donors (Lipinski definition) is 1. The molecular weight excluding hydrogens is 406 g/mol.